The fourth-order valence-electron chi connectivity index (χ4n) is 3.06. The molecule has 2 amide bonds. The van der Waals surface area contributed by atoms with Gasteiger partial charge in [-0.25, -0.2) is 13.6 Å². The molecular formula is C21H24N4O4S2. The van der Waals surface area contributed by atoms with Gasteiger partial charge in [0.25, 0.3) is 0 Å². The van der Waals surface area contributed by atoms with E-state index in [9.17, 15) is 18.0 Å². The fourth-order valence-corrected chi connectivity index (χ4v) is 4.75. The largest absolute Gasteiger partial charge is 0.325 e. The summed E-state index contributed by atoms with van der Waals surface area (Å²) in [5, 5.41) is 7.93. The number of para-hydroxylation sites is 1. The number of aliphatic imine (C=N–C) groups is 1. The minimum absolute atomic E-state index is 0.0429. The molecule has 3 N–H and O–H groups in total. The standard InChI is InChI=1S/C21H24N4O4S2/c1-2-23-21-25(13-12-15-8-10-17(11-9-15)31(22,28)29)19(26)14-18(30-21)20(27)24-16-6-4-3-5-7-16/h3-11,18H,2,12-14H2,1H3,(H,24,27)(H2,22,28,29)/t18-/m1/s1. The minimum Gasteiger partial charge on any atom is -0.325 e. The lowest BCUT2D eigenvalue weighted by Gasteiger charge is -2.31. The highest BCUT2D eigenvalue weighted by molar-refractivity contribution is 8.15. The number of benzene rings is 2. The van der Waals surface area contributed by atoms with E-state index in [1.54, 1.807) is 29.2 Å². The first-order valence-electron chi connectivity index (χ1n) is 9.77. The first kappa shape index (κ1) is 23.0. The van der Waals surface area contributed by atoms with Gasteiger partial charge in [0, 0.05) is 25.2 Å². The molecule has 0 bridgehead atoms. The van der Waals surface area contributed by atoms with Gasteiger partial charge in [-0.1, -0.05) is 42.1 Å². The van der Waals surface area contributed by atoms with Crippen LogP contribution in [0.25, 0.3) is 0 Å². The molecule has 0 radical (unpaired) electrons. The lowest BCUT2D eigenvalue weighted by Crippen LogP contribution is -2.46. The summed E-state index contributed by atoms with van der Waals surface area (Å²) in [6, 6.07) is 15.4. The van der Waals surface area contributed by atoms with Crippen molar-refractivity contribution in [3.63, 3.8) is 0 Å². The predicted octanol–water partition coefficient (Wildman–Crippen LogP) is 2.23. The number of rotatable bonds is 7. The van der Waals surface area contributed by atoms with Crippen molar-refractivity contribution in [3.8, 4) is 0 Å². The quantitative estimate of drug-likeness (QED) is 0.656. The summed E-state index contributed by atoms with van der Waals surface area (Å²) in [6.07, 6.45) is 0.594. The van der Waals surface area contributed by atoms with Crippen molar-refractivity contribution in [1.29, 1.82) is 0 Å². The van der Waals surface area contributed by atoms with Crippen molar-refractivity contribution in [3.05, 3.63) is 60.2 Å². The smallest absolute Gasteiger partial charge is 0.238 e. The Kier molecular flexibility index (Phi) is 7.47. The summed E-state index contributed by atoms with van der Waals surface area (Å²) in [5.41, 5.74) is 1.55. The van der Waals surface area contributed by atoms with Gasteiger partial charge in [-0.05, 0) is 43.2 Å². The van der Waals surface area contributed by atoms with E-state index in [0.717, 1.165) is 5.56 Å². The minimum atomic E-state index is -3.74. The molecule has 0 aliphatic carbocycles. The molecule has 2 aromatic carbocycles. The van der Waals surface area contributed by atoms with Crippen LogP contribution >= 0.6 is 11.8 Å². The van der Waals surface area contributed by atoms with Gasteiger partial charge in [-0.2, -0.15) is 0 Å². The first-order chi connectivity index (χ1) is 14.8. The zero-order valence-electron chi connectivity index (χ0n) is 17.0. The topological polar surface area (TPSA) is 122 Å². The van der Waals surface area contributed by atoms with E-state index in [2.05, 4.69) is 10.3 Å². The van der Waals surface area contributed by atoms with Crippen molar-refractivity contribution in [1.82, 2.24) is 4.90 Å². The maximum Gasteiger partial charge on any atom is 0.238 e. The van der Waals surface area contributed by atoms with Crippen molar-refractivity contribution in [2.45, 2.75) is 29.9 Å². The molecule has 1 fully saturated rings. The van der Waals surface area contributed by atoms with E-state index in [0.29, 0.717) is 30.4 Å². The summed E-state index contributed by atoms with van der Waals surface area (Å²) in [6.45, 7) is 2.74. The van der Waals surface area contributed by atoms with Crippen LogP contribution in [0.3, 0.4) is 0 Å². The Labute approximate surface area is 186 Å². The van der Waals surface area contributed by atoms with Gasteiger partial charge in [-0.3, -0.25) is 19.5 Å². The third kappa shape index (κ3) is 6.16. The molecule has 0 aromatic heterocycles. The number of amides is 2. The van der Waals surface area contributed by atoms with Crippen molar-refractivity contribution in [2.75, 3.05) is 18.4 Å². The number of sulfonamides is 1. The summed E-state index contributed by atoms with van der Waals surface area (Å²) in [5.74, 6) is -0.396. The number of primary sulfonamides is 1. The Bertz CT molecular complexity index is 1070. The Hall–Kier alpha value is -2.69. The van der Waals surface area contributed by atoms with Crippen molar-refractivity contribution < 1.29 is 18.0 Å². The van der Waals surface area contributed by atoms with Crippen LogP contribution in [-0.4, -0.2) is 48.6 Å². The zero-order valence-corrected chi connectivity index (χ0v) is 18.7. The van der Waals surface area contributed by atoms with Crippen LogP contribution in [0.1, 0.15) is 18.9 Å². The number of carbonyl (C=O) groups excluding carboxylic acids is 2. The number of thioether (sulfide) groups is 1. The van der Waals surface area contributed by atoms with E-state index in [1.165, 1.54) is 23.9 Å². The van der Waals surface area contributed by atoms with E-state index in [1.807, 2.05) is 25.1 Å². The Balaban J connectivity index is 1.66. The van der Waals surface area contributed by atoms with Gasteiger partial charge in [0.05, 0.1) is 4.90 Å². The second-order valence-corrected chi connectivity index (χ2v) is 9.64. The molecule has 0 saturated carbocycles. The number of nitrogens with one attached hydrogen (secondary N) is 1. The van der Waals surface area contributed by atoms with E-state index in [4.69, 9.17) is 5.14 Å². The SMILES string of the molecule is CCN=C1S[C@@H](C(=O)Nc2ccccc2)CC(=O)N1CCc1ccc(S(N)(=O)=O)cc1. The number of carbonyl (C=O) groups is 2. The molecule has 1 heterocycles. The van der Waals surface area contributed by atoms with Crippen LogP contribution in [0.2, 0.25) is 0 Å². The van der Waals surface area contributed by atoms with E-state index in [-0.39, 0.29) is 23.1 Å². The van der Waals surface area contributed by atoms with Crippen molar-refractivity contribution >= 4 is 44.5 Å². The molecule has 2 aromatic rings. The molecule has 8 nitrogen and oxygen atoms in total. The molecular weight excluding hydrogens is 436 g/mol. The predicted molar refractivity (Wildman–Crippen MR) is 122 cm³/mol. The number of nitrogens with two attached hydrogens (primary N) is 1. The van der Waals surface area contributed by atoms with Gasteiger partial charge in [0.1, 0.15) is 5.25 Å². The van der Waals surface area contributed by atoms with Crippen LogP contribution in [-0.2, 0) is 26.0 Å². The third-order valence-electron chi connectivity index (χ3n) is 4.64. The van der Waals surface area contributed by atoms with Gasteiger partial charge in [0.15, 0.2) is 5.17 Å². The van der Waals surface area contributed by atoms with E-state index < -0.39 is 15.3 Å². The molecule has 1 aliphatic heterocycles. The Morgan fingerprint density at radius 2 is 1.87 bits per heavy atom. The summed E-state index contributed by atoms with van der Waals surface area (Å²) in [7, 11) is -3.74. The van der Waals surface area contributed by atoms with Crippen LogP contribution < -0.4 is 10.5 Å². The lowest BCUT2D eigenvalue weighted by molar-refractivity contribution is -0.129. The highest BCUT2D eigenvalue weighted by Crippen LogP contribution is 2.28. The number of hydrogen-bond acceptors (Lipinski definition) is 6. The maximum atomic E-state index is 12.8. The van der Waals surface area contributed by atoms with Crippen LogP contribution in [0.5, 0.6) is 0 Å². The molecule has 1 atom stereocenters. The molecule has 1 saturated heterocycles. The number of nitrogens with zero attached hydrogens (tertiary/aromatic N) is 2. The van der Waals surface area contributed by atoms with E-state index >= 15 is 0 Å². The monoisotopic (exact) mass is 460 g/mol. The number of anilines is 1. The average Bonchev–Trinajstić information content (AvgIpc) is 2.73. The van der Waals surface area contributed by atoms with Gasteiger partial charge < -0.3 is 5.32 Å². The maximum absolute atomic E-state index is 12.8. The van der Waals surface area contributed by atoms with Gasteiger partial charge in [0.2, 0.25) is 21.8 Å². The third-order valence-corrected chi connectivity index (χ3v) is 6.80. The average molecular weight is 461 g/mol. The Morgan fingerprint density at radius 1 is 1.19 bits per heavy atom. The van der Waals surface area contributed by atoms with Gasteiger partial charge in [-0.15, -0.1) is 0 Å². The number of amidine groups is 1. The molecule has 164 valence electrons. The summed E-state index contributed by atoms with van der Waals surface area (Å²) in [4.78, 5) is 31.5. The molecule has 3 rings (SSSR count). The molecule has 0 unspecified atom stereocenters. The van der Waals surface area contributed by atoms with Crippen LogP contribution in [0, 0.1) is 0 Å². The van der Waals surface area contributed by atoms with Crippen LogP contribution in [0.15, 0.2) is 64.5 Å². The second-order valence-electron chi connectivity index (χ2n) is 6.91. The van der Waals surface area contributed by atoms with Crippen LogP contribution in [0.4, 0.5) is 5.69 Å². The summed E-state index contributed by atoms with van der Waals surface area (Å²) >= 11 is 1.28. The number of hydrogen-bond donors (Lipinski definition) is 2. The van der Waals surface area contributed by atoms with Gasteiger partial charge >= 0.3 is 0 Å². The molecule has 0 spiro atoms. The second kappa shape index (κ2) is 10.1. The highest BCUT2D eigenvalue weighted by Gasteiger charge is 2.35. The summed E-state index contributed by atoms with van der Waals surface area (Å²) < 4.78 is 22.8. The zero-order chi connectivity index (χ0) is 22.4. The Morgan fingerprint density at radius 3 is 2.48 bits per heavy atom. The first-order valence-corrected chi connectivity index (χ1v) is 12.2. The molecule has 31 heavy (non-hydrogen) atoms. The lowest BCUT2D eigenvalue weighted by atomic mass is 10.1. The fraction of sp³-hybridized carbons (Fsp3) is 0.286. The normalized spacial score (nSPS) is 18.3. The highest BCUT2D eigenvalue weighted by atomic mass is 32.2. The van der Waals surface area contributed by atoms with Crippen molar-refractivity contribution in [2.24, 2.45) is 10.1 Å². The molecule has 10 heteroatoms. The molecule has 1 aliphatic rings.